The molecule has 0 aromatic carbocycles. The lowest BCUT2D eigenvalue weighted by Gasteiger charge is -2.60. The summed E-state index contributed by atoms with van der Waals surface area (Å²) in [6, 6.07) is 0.261. The van der Waals surface area contributed by atoms with Gasteiger partial charge in [-0.15, -0.1) is 0 Å². The molecule has 9 atom stereocenters. The van der Waals surface area contributed by atoms with E-state index in [2.05, 4.69) is 19.2 Å². The monoisotopic (exact) mass is 335 g/mol. The molecule has 3 aliphatic carbocycles. The van der Waals surface area contributed by atoms with Crippen molar-refractivity contribution in [3.05, 3.63) is 0 Å². The highest BCUT2D eigenvalue weighted by Gasteiger charge is 2.62. The van der Waals surface area contributed by atoms with Crippen LogP contribution in [-0.2, 0) is 4.79 Å². The summed E-state index contributed by atoms with van der Waals surface area (Å²) in [7, 11) is 0. The first kappa shape index (κ1) is 16.8. The number of amides is 1. The molecule has 4 rings (SSSR count). The molecule has 0 aromatic heterocycles. The van der Waals surface area contributed by atoms with Crippen molar-refractivity contribution in [3.8, 4) is 0 Å². The molecule has 1 heterocycles. The van der Waals surface area contributed by atoms with E-state index >= 15 is 0 Å². The Morgan fingerprint density at radius 2 is 1.75 bits per heavy atom. The quantitative estimate of drug-likeness (QED) is 0.689. The Balaban J connectivity index is 1.66. The summed E-state index contributed by atoms with van der Waals surface area (Å²) in [4.78, 5) is 12.9. The van der Waals surface area contributed by atoms with Crippen LogP contribution in [-0.4, -0.2) is 34.4 Å². The van der Waals surface area contributed by atoms with Crippen molar-refractivity contribution < 1.29 is 15.0 Å². The summed E-state index contributed by atoms with van der Waals surface area (Å²) >= 11 is 0. The van der Waals surface area contributed by atoms with Gasteiger partial charge in [-0.2, -0.15) is 0 Å². The average molecular weight is 335 g/mol. The van der Waals surface area contributed by atoms with Gasteiger partial charge in [0.05, 0.1) is 12.2 Å². The maximum absolute atomic E-state index is 12.9. The van der Waals surface area contributed by atoms with Gasteiger partial charge in [-0.1, -0.05) is 13.8 Å². The molecule has 1 aliphatic heterocycles. The Kier molecular flexibility index (Phi) is 3.82. The molecule has 1 amide bonds. The van der Waals surface area contributed by atoms with Crippen LogP contribution < -0.4 is 5.32 Å². The van der Waals surface area contributed by atoms with Gasteiger partial charge in [-0.3, -0.25) is 4.79 Å². The largest absolute Gasteiger partial charge is 0.393 e. The fourth-order valence-electron chi connectivity index (χ4n) is 7.34. The number of carbonyl (C=O) groups excluding carboxylic acids is 1. The van der Waals surface area contributed by atoms with Gasteiger partial charge in [0.2, 0.25) is 5.91 Å². The van der Waals surface area contributed by atoms with Gasteiger partial charge in [0.25, 0.3) is 0 Å². The number of fused-ring (bicyclic) bond motifs is 5. The van der Waals surface area contributed by atoms with Gasteiger partial charge >= 0.3 is 0 Å². The second kappa shape index (κ2) is 5.44. The van der Waals surface area contributed by atoms with Gasteiger partial charge in [0.1, 0.15) is 0 Å². The van der Waals surface area contributed by atoms with Crippen molar-refractivity contribution >= 4 is 5.91 Å². The van der Waals surface area contributed by atoms with Crippen LogP contribution in [0.2, 0.25) is 0 Å². The van der Waals surface area contributed by atoms with E-state index in [-0.39, 0.29) is 40.9 Å². The van der Waals surface area contributed by atoms with Crippen LogP contribution in [0.15, 0.2) is 0 Å². The van der Waals surface area contributed by atoms with Gasteiger partial charge in [0.15, 0.2) is 0 Å². The van der Waals surface area contributed by atoms with Gasteiger partial charge in [-0.25, -0.2) is 0 Å². The van der Waals surface area contributed by atoms with E-state index in [0.717, 1.165) is 38.5 Å². The predicted octanol–water partition coefficient (Wildman–Crippen LogP) is 2.48. The SMILES string of the molecule is C[C@@H](O)[C@H]1CC[C@H]2[C@@H]3NC(=O)[C@H]4C[C@@H](O)CC[C@]4(C)[C@H]3CC[C@]12C. The van der Waals surface area contributed by atoms with Crippen LogP contribution in [0.3, 0.4) is 0 Å². The first-order valence-electron chi connectivity index (χ1n) is 9.94. The lowest BCUT2D eigenvalue weighted by Crippen LogP contribution is -2.66. The zero-order chi connectivity index (χ0) is 17.3. The Hall–Kier alpha value is -0.610. The highest BCUT2D eigenvalue weighted by molar-refractivity contribution is 5.81. The van der Waals surface area contributed by atoms with E-state index in [1.165, 1.54) is 0 Å². The Bertz CT molecular complexity index is 535. The number of hydrogen-bond donors (Lipinski definition) is 3. The number of rotatable bonds is 1. The maximum Gasteiger partial charge on any atom is 0.224 e. The first-order valence-corrected chi connectivity index (χ1v) is 9.94. The minimum atomic E-state index is -0.315. The molecule has 4 aliphatic rings. The van der Waals surface area contributed by atoms with Crippen molar-refractivity contribution in [1.82, 2.24) is 5.32 Å². The summed E-state index contributed by atoms with van der Waals surface area (Å²) in [6.45, 7) is 6.59. The smallest absolute Gasteiger partial charge is 0.224 e. The molecule has 0 aromatic rings. The number of hydrogen-bond acceptors (Lipinski definition) is 3. The summed E-state index contributed by atoms with van der Waals surface area (Å²) in [6.07, 6.45) is 6.37. The Labute approximate surface area is 145 Å². The molecule has 0 unspecified atom stereocenters. The average Bonchev–Trinajstić information content (AvgIpc) is 2.87. The maximum atomic E-state index is 12.9. The molecular weight excluding hydrogens is 302 g/mol. The molecule has 0 spiro atoms. The Morgan fingerprint density at radius 3 is 2.46 bits per heavy atom. The summed E-state index contributed by atoms with van der Waals surface area (Å²) in [5, 5.41) is 23.7. The van der Waals surface area contributed by atoms with E-state index in [1.54, 1.807) is 0 Å². The lowest BCUT2D eigenvalue weighted by molar-refractivity contribution is -0.157. The van der Waals surface area contributed by atoms with Crippen LogP contribution in [0.1, 0.15) is 65.7 Å². The third kappa shape index (κ3) is 2.14. The molecule has 4 fully saturated rings. The van der Waals surface area contributed by atoms with Crippen LogP contribution in [0.5, 0.6) is 0 Å². The van der Waals surface area contributed by atoms with E-state index in [1.807, 2.05) is 6.92 Å². The third-order valence-corrected chi connectivity index (χ3v) is 8.72. The standard InChI is InChI=1S/C20H33NO3/c1-11(22)13-4-5-14-17-15(7-9-19(13,14)2)20(3)8-6-12(23)10-16(20)18(24)21-17/h11-17,22-23H,4-10H2,1-3H3,(H,21,24)/t11-,12+,13-,14+,15+,16-,17+,19-,20-/m1/s1. The number of aliphatic hydroxyl groups is 2. The topological polar surface area (TPSA) is 69.6 Å². The molecule has 3 saturated carbocycles. The molecule has 3 N–H and O–H groups in total. The molecule has 1 saturated heterocycles. The summed E-state index contributed by atoms with van der Waals surface area (Å²) in [5.41, 5.74) is 0.191. The van der Waals surface area contributed by atoms with Crippen LogP contribution in [0, 0.1) is 34.5 Å². The molecule has 0 bridgehead atoms. The van der Waals surface area contributed by atoms with Crippen molar-refractivity contribution in [2.24, 2.45) is 34.5 Å². The fourth-order valence-corrected chi connectivity index (χ4v) is 7.34. The minimum absolute atomic E-state index is 0.0270. The van der Waals surface area contributed by atoms with E-state index < -0.39 is 0 Å². The third-order valence-electron chi connectivity index (χ3n) is 8.72. The van der Waals surface area contributed by atoms with Crippen LogP contribution >= 0.6 is 0 Å². The van der Waals surface area contributed by atoms with Crippen molar-refractivity contribution in [2.45, 2.75) is 84.0 Å². The van der Waals surface area contributed by atoms with E-state index in [4.69, 9.17) is 0 Å². The molecule has 24 heavy (non-hydrogen) atoms. The summed E-state index contributed by atoms with van der Waals surface area (Å²) < 4.78 is 0. The van der Waals surface area contributed by atoms with E-state index in [0.29, 0.717) is 24.2 Å². The molecule has 0 radical (unpaired) electrons. The van der Waals surface area contributed by atoms with E-state index in [9.17, 15) is 15.0 Å². The molecule has 4 heteroatoms. The van der Waals surface area contributed by atoms with Crippen LogP contribution in [0.4, 0.5) is 0 Å². The fraction of sp³-hybridized carbons (Fsp3) is 0.950. The predicted molar refractivity (Wildman–Crippen MR) is 92.1 cm³/mol. The zero-order valence-corrected chi connectivity index (χ0v) is 15.3. The van der Waals surface area contributed by atoms with Crippen LogP contribution in [0.25, 0.3) is 0 Å². The normalized spacial score (nSPS) is 55.1. The number of aliphatic hydroxyl groups excluding tert-OH is 2. The number of nitrogens with one attached hydrogen (secondary N) is 1. The second-order valence-electron chi connectivity index (χ2n) is 9.70. The number of carbonyl (C=O) groups is 1. The van der Waals surface area contributed by atoms with Crippen molar-refractivity contribution in [2.75, 3.05) is 0 Å². The van der Waals surface area contributed by atoms with Gasteiger partial charge in [-0.05, 0) is 80.5 Å². The van der Waals surface area contributed by atoms with Gasteiger partial charge in [0, 0.05) is 12.0 Å². The Morgan fingerprint density at radius 1 is 1.08 bits per heavy atom. The zero-order valence-electron chi connectivity index (χ0n) is 15.3. The van der Waals surface area contributed by atoms with Crippen molar-refractivity contribution in [1.29, 1.82) is 0 Å². The first-order chi connectivity index (χ1) is 11.3. The second-order valence-corrected chi connectivity index (χ2v) is 9.70. The molecular formula is C20H33NO3. The molecule has 4 nitrogen and oxygen atoms in total. The number of piperidine rings is 1. The summed E-state index contributed by atoms with van der Waals surface area (Å²) in [5.74, 6) is 1.52. The lowest BCUT2D eigenvalue weighted by atomic mass is 9.48. The van der Waals surface area contributed by atoms with Gasteiger partial charge < -0.3 is 15.5 Å². The highest BCUT2D eigenvalue weighted by atomic mass is 16.3. The minimum Gasteiger partial charge on any atom is -0.393 e. The molecule has 136 valence electrons. The van der Waals surface area contributed by atoms with Crippen molar-refractivity contribution in [3.63, 3.8) is 0 Å². The highest BCUT2D eigenvalue weighted by Crippen LogP contribution is 2.63.